The number of para-hydroxylation sites is 3. The van der Waals surface area contributed by atoms with E-state index in [1.54, 1.807) is 0 Å². The van der Waals surface area contributed by atoms with Crippen LogP contribution >= 0.6 is 0 Å². The second-order valence-corrected chi connectivity index (χ2v) is 17.0. The van der Waals surface area contributed by atoms with Gasteiger partial charge in [-0.3, -0.25) is 4.57 Å². The maximum absolute atomic E-state index is 5.49. The van der Waals surface area contributed by atoms with Gasteiger partial charge in [-0.1, -0.05) is 212 Å². The molecule has 6 nitrogen and oxygen atoms in total. The van der Waals surface area contributed by atoms with Gasteiger partial charge in [-0.05, 0) is 47.0 Å². The minimum absolute atomic E-state index is 0.537. The molecule has 0 saturated heterocycles. The summed E-state index contributed by atoms with van der Waals surface area (Å²) in [6, 6.07) is 85.1. The minimum atomic E-state index is 0.537. The third-order valence-corrected chi connectivity index (χ3v) is 13.0. The Balaban J connectivity index is 1.13. The van der Waals surface area contributed by atoms with Crippen molar-refractivity contribution in [3.8, 4) is 79.2 Å². The third-order valence-electron chi connectivity index (χ3n) is 13.0. The quantitative estimate of drug-likeness (QED) is 0.153. The van der Waals surface area contributed by atoms with Crippen LogP contribution in [0.1, 0.15) is 0 Å². The van der Waals surface area contributed by atoms with Crippen molar-refractivity contribution in [1.29, 1.82) is 0 Å². The molecule has 0 spiro atoms. The van der Waals surface area contributed by atoms with Gasteiger partial charge in [0.25, 0.3) is 0 Å². The fourth-order valence-corrected chi connectivity index (χ4v) is 9.92. The standard InChI is InChI=1S/C62H40N6/c1-5-21-41(22-6-1)46-29-13-14-33-52(46)61-64-60(44-27-11-4-12-28-44)65-62(66-61)68-57-36-20-17-32-49(57)51-38-37-50-48-31-16-19-35-56(48)67(58(50)59(51)68)55-34-18-15-30-47(55)45-39-53(42-23-7-2-8-24-42)63-54(40-45)43-25-9-3-10-26-43/h1-40H. The zero-order valence-corrected chi connectivity index (χ0v) is 36.8. The molecule has 4 aromatic heterocycles. The largest absolute Gasteiger partial charge is 0.307 e. The fraction of sp³-hybridized carbons (Fsp3) is 0. The van der Waals surface area contributed by atoms with E-state index in [4.69, 9.17) is 19.9 Å². The molecule has 0 N–H and O–H groups in total. The molecule has 0 saturated carbocycles. The molecule has 0 amide bonds. The van der Waals surface area contributed by atoms with Crippen LogP contribution in [-0.2, 0) is 0 Å². The molecule has 0 aliphatic heterocycles. The molecule has 13 aromatic rings. The lowest BCUT2D eigenvalue weighted by Crippen LogP contribution is -2.07. The Morgan fingerprint density at radius 1 is 0.265 bits per heavy atom. The van der Waals surface area contributed by atoms with Crippen LogP contribution in [0, 0.1) is 0 Å². The third kappa shape index (κ3) is 6.58. The van der Waals surface area contributed by atoms with Crippen molar-refractivity contribution in [2.24, 2.45) is 0 Å². The van der Waals surface area contributed by atoms with Crippen molar-refractivity contribution >= 4 is 43.6 Å². The first-order chi connectivity index (χ1) is 33.7. The second-order valence-electron chi connectivity index (χ2n) is 17.0. The Hall–Kier alpha value is -9.26. The average Bonchev–Trinajstić information content (AvgIpc) is 3.95. The summed E-state index contributed by atoms with van der Waals surface area (Å²) in [7, 11) is 0. The van der Waals surface area contributed by atoms with Gasteiger partial charge in [0.15, 0.2) is 11.6 Å². The van der Waals surface area contributed by atoms with E-state index >= 15 is 0 Å². The van der Waals surface area contributed by atoms with E-state index in [2.05, 4.69) is 215 Å². The fourth-order valence-electron chi connectivity index (χ4n) is 9.92. The van der Waals surface area contributed by atoms with Gasteiger partial charge in [-0.25, -0.2) is 9.97 Å². The summed E-state index contributed by atoms with van der Waals surface area (Å²) in [5.41, 5.74) is 15.3. The number of rotatable bonds is 8. The lowest BCUT2D eigenvalue weighted by Gasteiger charge is -2.17. The molecule has 0 radical (unpaired) electrons. The van der Waals surface area contributed by atoms with Gasteiger partial charge in [0.2, 0.25) is 5.95 Å². The van der Waals surface area contributed by atoms with Crippen molar-refractivity contribution in [3.63, 3.8) is 0 Å². The second kappa shape index (κ2) is 16.3. The lowest BCUT2D eigenvalue weighted by atomic mass is 9.98. The van der Waals surface area contributed by atoms with Gasteiger partial charge in [-0.15, -0.1) is 0 Å². The van der Waals surface area contributed by atoms with Gasteiger partial charge in [0, 0.05) is 49.4 Å². The van der Waals surface area contributed by atoms with Gasteiger partial charge in [0.05, 0.1) is 39.1 Å². The number of pyridine rings is 1. The molecule has 0 bridgehead atoms. The van der Waals surface area contributed by atoms with E-state index in [-0.39, 0.29) is 0 Å². The van der Waals surface area contributed by atoms with Gasteiger partial charge < -0.3 is 4.57 Å². The number of nitrogens with zero attached hydrogens (tertiary/aromatic N) is 6. The molecule has 0 aliphatic rings. The highest BCUT2D eigenvalue weighted by Gasteiger charge is 2.25. The highest BCUT2D eigenvalue weighted by Crippen LogP contribution is 2.44. The molecule has 6 heteroatoms. The van der Waals surface area contributed by atoms with E-state index in [0.29, 0.717) is 17.6 Å². The van der Waals surface area contributed by atoms with Crippen molar-refractivity contribution in [1.82, 2.24) is 29.1 Å². The highest BCUT2D eigenvalue weighted by molar-refractivity contribution is 6.24. The van der Waals surface area contributed by atoms with Gasteiger partial charge in [-0.2, -0.15) is 9.97 Å². The summed E-state index contributed by atoms with van der Waals surface area (Å²) in [6.07, 6.45) is 0. The van der Waals surface area contributed by atoms with E-state index in [1.807, 2.05) is 36.4 Å². The summed E-state index contributed by atoms with van der Waals surface area (Å²) in [5, 5.41) is 4.49. The Kier molecular flexibility index (Phi) is 9.39. The van der Waals surface area contributed by atoms with Crippen LogP contribution in [0.5, 0.6) is 0 Å². The number of aromatic nitrogens is 6. The zero-order valence-electron chi connectivity index (χ0n) is 36.8. The van der Waals surface area contributed by atoms with Crippen LogP contribution in [0.3, 0.4) is 0 Å². The molecule has 0 fully saturated rings. The SMILES string of the molecule is c1ccc(-c2cc(-c3ccccc3-n3c4ccccc4c4ccc5c6ccccc6n(-c6nc(-c7ccccc7)nc(-c7ccccc7-c7ccccc7)n6)c5c43)cc(-c3ccccc3)n2)cc1. The van der Waals surface area contributed by atoms with E-state index < -0.39 is 0 Å². The molecule has 9 aromatic carbocycles. The van der Waals surface area contributed by atoms with E-state index in [9.17, 15) is 0 Å². The maximum Gasteiger partial charge on any atom is 0.238 e. The first-order valence-corrected chi connectivity index (χ1v) is 22.9. The maximum atomic E-state index is 5.49. The molecule has 318 valence electrons. The summed E-state index contributed by atoms with van der Waals surface area (Å²) in [4.78, 5) is 21.4. The van der Waals surface area contributed by atoms with E-state index in [1.165, 1.54) is 0 Å². The predicted molar refractivity (Wildman–Crippen MR) is 279 cm³/mol. The molecule has 0 aliphatic carbocycles. The molecular weight excluding hydrogens is 829 g/mol. The minimum Gasteiger partial charge on any atom is -0.307 e. The average molecular weight is 869 g/mol. The number of hydrogen-bond donors (Lipinski definition) is 0. The summed E-state index contributed by atoms with van der Waals surface area (Å²) in [6.45, 7) is 0. The molecule has 0 unspecified atom stereocenters. The smallest absolute Gasteiger partial charge is 0.238 e. The topological polar surface area (TPSA) is 61.4 Å². The van der Waals surface area contributed by atoms with Crippen LogP contribution in [0.25, 0.3) is 123 Å². The van der Waals surface area contributed by atoms with Crippen molar-refractivity contribution < 1.29 is 0 Å². The first-order valence-electron chi connectivity index (χ1n) is 22.9. The van der Waals surface area contributed by atoms with Crippen molar-refractivity contribution in [2.45, 2.75) is 0 Å². The number of fused-ring (bicyclic) bond motifs is 7. The van der Waals surface area contributed by atoms with Crippen LogP contribution < -0.4 is 0 Å². The van der Waals surface area contributed by atoms with Gasteiger partial charge in [0.1, 0.15) is 0 Å². The predicted octanol–water partition coefficient (Wildman–Crippen LogP) is 15.5. The number of benzene rings is 9. The molecule has 0 atom stereocenters. The van der Waals surface area contributed by atoms with Crippen LogP contribution in [0.15, 0.2) is 243 Å². The van der Waals surface area contributed by atoms with Crippen LogP contribution in [0.4, 0.5) is 0 Å². The summed E-state index contributed by atoms with van der Waals surface area (Å²) >= 11 is 0. The van der Waals surface area contributed by atoms with Crippen molar-refractivity contribution in [3.05, 3.63) is 243 Å². The first kappa shape index (κ1) is 39.1. The summed E-state index contributed by atoms with van der Waals surface area (Å²) in [5.74, 6) is 1.73. The molecular formula is C62H40N6. The Morgan fingerprint density at radius 2 is 0.706 bits per heavy atom. The lowest BCUT2D eigenvalue weighted by molar-refractivity contribution is 0.953. The Morgan fingerprint density at radius 3 is 1.31 bits per heavy atom. The number of hydrogen-bond acceptors (Lipinski definition) is 4. The molecule has 68 heavy (non-hydrogen) atoms. The Labute approximate surface area is 392 Å². The normalized spacial score (nSPS) is 11.5. The van der Waals surface area contributed by atoms with E-state index in [0.717, 1.165) is 105 Å². The van der Waals surface area contributed by atoms with Gasteiger partial charge >= 0.3 is 0 Å². The van der Waals surface area contributed by atoms with Crippen molar-refractivity contribution in [2.75, 3.05) is 0 Å². The summed E-state index contributed by atoms with van der Waals surface area (Å²) < 4.78 is 4.72. The monoisotopic (exact) mass is 868 g/mol. The highest BCUT2D eigenvalue weighted by atomic mass is 15.2. The Bertz CT molecular complexity index is 3950. The zero-order chi connectivity index (χ0) is 45.0. The van der Waals surface area contributed by atoms with Crippen LogP contribution in [-0.4, -0.2) is 29.1 Å². The molecule has 4 heterocycles. The van der Waals surface area contributed by atoms with Crippen LogP contribution in [0.2, 0.25) is 0 Å². The molecule has 13 rings (SSSR count).